The van der Waals surface area contributed by atoms with Gasteiger partial charge in [-0.15, -0.1) is 0 Å². The van der Waals surface area contributed by atoms with E-state index in [2.05, 4.69) is 0 Å². The van der Waals surface area contributed by atoms with Crippen LogP contribution >= 0.6 is 0 Å². The van der Waals surface area contributed by atoms with Gasteiger partial charge in [0.15, 0.2) is 11.5 Å². The maximum atomic E-state index is 5.94. The summed E-state index contributed by atoms with van der Waals surface area (Å²) in [7, 11) is 3.24. The van der Waals surface area contributed by atoms with Gasteiger partial charge in [0.05, 0.1) is 33.5 Å². The molecule has 0 bridgehead atoms. The minimum Gasteiger partial charge on any atom is -0.493 e. The number of benzene rings is 1. The second-order valence-electron chi connectivity index (χ2n) is 3.53. The third-order valence-corrected chi connectivity index (χ3v) is 2.60. The molecule has 1 aromatic carbocycles. The normalized spacial score (nSPS) is 19.5. The van der Waals surface area contributed by atoms with Gasteiger partial charge in [0.2, 0.25) is 0 Å². The molecule has 0 fully saturated rings. The predicted molar refractivity (Wildman–Crippen MR) is 56.1 cm³/mol. The number of nitrogens with two attached hydrogens (primary N) is 1. The molecule has 1 atom stereocenters. The first-order valence-electron chi connectivity index (χ1n) is 4.84. The van der Waals surface area contributed by atoms with Crippen molar-refractivity contribution in [3.05, 3.63) is 23.3 Å². The molecule has 2 N–H and O–H groups in total. The van der Waals surface area contributed by atoms with Crippen molar-refractivity contribution in [1.29, 1.82) is 0 Å². The van der Waals surface area contributed by atoms with Gasteiger partial charge in [0.1, 0.15) is 0 Å². The summed E-state index contributed by atoms with van der Waals surface area (Å²) >= 11 is 0. The van der Waals surface area contributed by atoms with Crippen LogP contribution in [0.25, 0.3) is 0 Å². The molecule has 15 heavy (non-hydrogen) atoms. The van der Waals surface area contributed by atoms with Crippen molar-refractivity contribution in [2.45, 2.75) is 12.6 Å². The van der Waals surface area contributed by atoms with Gasteiger partial charge < -0.3 is 19.9 Å². The Morgan fingerprint density at radius 3 is 2.60 bits per heavy atom. The topological polar surface area (TPSA) is 53.7 Å². The van der Waals surface area contributed by atoms with Gasteiger partial charge in [0, 0.05) is 0 Å². The van der Waals surface area contributed by atoms with Crippen LogP contribution in [0.1, 0.15) is 17.2 Å². The summed E-state index contributed by atoms with van der Waals surface area (Å²) in [6, 6.07) is 3.78. The third kappa shape index (κ3) is 1.78. The molecular formula is C11H15NO3. The van der Waals surface area contributed by atoms with E-state index in [0.29, 0.717) is 24.7 Å². The second kappa shape index (κ2) is 4.08. The quantitative estimate of drug-likeness (QED) is 0.796. The van der Waals surface area contributed by atoms with E-state index in [-0.39, 0.29) is 6.04 Å². The Labute approximate surface area is 88.9 Å². The van der Waals surface area contributed by atoms with Crippen LogP contribution in [0.4, 0.5) is 0 Å². The molecule has 1 heterocycles. The lowest BCUT2D eigenvalue weighted by Gasteiger charge is -2.24. The predicted octanol–water partition coefficient (Wildman–Crippen LogP) is 1.23. The van der Waals surface area contributed by atoms with Gasteiger partial charge in [-0.3, -0.25) is 0 Å². The average molecular weight is 209 g/mol. The summed E-state index contributed by atoms with van der Waals surface area (Å²) in [6.07, 6.45) is 0. The molecule has 0 aliphatic carbocycles. The van der Waals surface area contributed by atoms with Crippen LogP contribution in [0.2, 0.25) is 0 Å². The lowest BCUT2D eigenvalue weighted by atomic mass is 9.99. The monoisotopic (exact) mass is 209 g/mol. The first-order chi connectivity index (χ1) is 7.26. The number of hydrogen-bond acceptors (Lipinski definition) is 4. The highest BCUT2D eigenvalue weighted by molar-refractivity contribution is 5.48. The van der Waals surface area contributed by atoms with Crippen molar-refractivity contribution in [2.24, 2.45) is 5.73 Å². The lowest BCUT2D eigenvalue weighted by molar-refractivity contribution is 0.0920. The van der Waals surface area contributed by atoms with Crippen LogP contribution in [0.5, 0.6) is 11.5 Å². The molecule has 2 rings (SSSR count). The van der Waals surface area contributed by atoms with E-state index in [1.165, 1.54) is 0 Å². The number of fused-ring (bicyclic) bond motifs is 1. The van der Waals surface area contributed by atoms with Gasteiger partial charge in [-0.1, -0.05) is 0 Å². The van der Waals surface area contributed by atoms with E-state index in [4.69, 9.17) is 19.9 Å². The molecule has 0 saturated heterocycles. The van der Waals surface area contributed by atoms with Crippen LogP contribution < -0.4 is 15.2 Å². The maximum Gasteiger partial charge on any atom is 0.161 e. The molecule has 1 aliphatic heterocycles. The van der Waals surface area contributed by atoms with E-state index in [1.807, 2.05) is 12.1 Å². The first-order valence-corrected chi connectivity index (χ1v) is 4.84. The van der Waals surface area contributed by atoms with E-state index >= 15 is 0 Å². The number of ether oxygens (including phenoxy) is 3. The van der Waals surface area contributed by atoms with Crippen LogP contribution in [-0.4, -0.2) is 20.8 Å². The van der Waals surface area contributed by atoms with Gasteiger partial charge >= 0.3 is 0 Å². The minimum absolute atomic E-state index is 0.0754. The summed E-state index contributed by atoms with van der Waals surface area (Å²) < 4.78 is 15.8. The second-order valence-corrected chi connectivity index (χ2v) is 3.53. The molecule has 0 amide bonds. The van der Waals surface area contributed by atoms with E-state index in [0.717, 1.165) is 11.1 Å². The Kier molecular flexibility index (Phi) is 2.79. The van der Waals surface area contributed by atoms with Gasteiger partial charge in [-0.05, 0) is 23.3 Å². The van der Waals surface area contributed by atoms with Crippen LogP contribution in [0.15, 0.2) is 12.1 Å². The zero-order chi connectivity index (χ0) is 10.8. The van der Waals surface area contributed by atoms with Crippen molar-refractivity contribution in [2.75, 3.05) is 20.8 Å². The summed E-state index contributed by atoms with van der Waals surface area (Å²) in [5.74, 6) is 1.43. The summed E-state index contributed by atoms with van der Waals surface area (Å²) in [6.45, 7) is 1.14. The molecule has 1 aromatic rings. The Hall–Kier alpha value is -1.26. The molecule has 0 spiro atoms. The van der Waals surface area contributed by atoms with E-state index in [9.17, 15) is 0 Å². The first kappa shape index (κ1) is 10.3. The average Bonchev–Trinajstić information content (AvgIpc) is 2.28. The molecule has 4 nitrogen and oxygen atoms in total. The fourth-order valence-corrected chi connectivity index (χ4v) is 1.79. The Morgan fingerprint density at radius 2 is 1.93 bits per heavy atom. The highest BCUT2D eigenvalue weighted by Gasteiger charge is 2.20. The molecule has 82 valence electrons. The van der Waals surface area contributed by atoms with Gasteiger partial charge in [0.25, 0.3) is 0 Å². The van der Waals surface area contributed by atoms with Crippen LogP contribution in [-0.2, 0) is 11.3 Å². The Morgan fingerprint density at radius 1 is 1.27 bits per heavy atom. The van der Waals surface area contributed by atoms with Gasteiger partial charge in [-0.25, -0.2) is 0 Å². The molecule has 0 unspecified atom stereocenters. The van der Waals surface area contributed by atoms with Gasteiger partial charge in [-0.2, -0.15) is 0 Å². The van der Waals surface area contributed by atoms with Crippen molar-refractivity contribution in [3.8, 4) is 11.5 Å². The van der Waals surface area contributed by atoms with E-state index in [1.54, 1.807) is 14.2 Å². The summed E-state index contributed by atoms with van der Waals surface area (Å²) in [4.78, 5) is 0. The Bertz CT molecular complexity index is 365. The highest BCUT2D eigenvalue weighted by Crippen LogP contribution is 2.34. The lowest BCUT2D eigenvalue weighted by Crippen LogP contribution is -2.23. The van der Waals surface area contributed by atoms with E-state index < -0.39 is 0 Å². The minimum atomic E-state index is -0.0754. The van der Waals surface area contributed by atoms with Crippen molar-refractivity contribution in [1.82, 2.24) is 0 Å². The zero-order valence-corrected chi connectivity index (χ0v) is 8.95. The summed E-state index contributed by atoms with van der Waals surface area (Å²) in [5.41, 5.74) is 8.10. The third-order valence-electron chi connectivity index (χ3n) is 2.60. The summed E-state index contributed by atoms with van der Waals surface area (Å²) in [5, 5.41) is 0. The highest BCUT2D eigenvalue weighted by atomic mass is 16.5. The molecular weight excluding hydrogens is 194 g/mol. The molecule has 0 saturated carbocycles. The molecule has 0 aromatic heterocycles. The number of hydrogen-bond donors (Lipinski definition) is 1. The smallest absolute Gasteiger partial charge is 0.161 e. The fraction of sp³-hybridized carbons (Fsp3) is 0.455. The largest absolute Gasteiger partial charge is 0.493 e. The molecule has 1 aliphatic rings. The maximum absolute atomic E-state index is 5.94. The van der Waals surface area contributed by atoms with Crippen molar-refractivity contribution < 1.29 is 14.2 Å². The van der Waals surface area contributed by atoms with Crippen LogP contribution in [0.3, 0.4) is 0 Å². The van der Waals surface area contributed by atoms with Crippen molar-refractivity contribution in [3.63, 3.8) is 0 Å². The zero-order valence-electron chi connectivity index (χ0n) is 8.95. The standard InChI is InChI=1S/C11H15NO3/c1-13-10-3-7-5-15-6-9(12)8(7)4-11(10)14-2/h3-4,9H,5-6,12H2,1-2H3/t9-/m0/s1. The fourth-order valence-electron chi connectivity index (χ4n) is 1.79. The SMILES string of the molecule is COc1cc2c(cc1OC)[C@@H](N)COC2. The Balaban J connectivity index is 2.48. The van der Waals surface area contributed by atoms with Crippen LogP contribution in [0, 0.1) is 0 Å². The van der Waals surface area contributed by atoms with Crippen molar-refractivity contribution >= 4 is 0 Å². The molecule has 0 radical (unpaired) electrons. The number of methoxy groups -OCH3 is 2. The molecule has 4 heteroatoms. The number of rotatable bonds is 2.